The normalized spacial score (nSPS) is 16.5. The highest BCUT2D eigenvalue weighted by Gasteiger charge is 2.23. The molecule has 0 saturated heterocycles. The summed E-state index contributed by atoms with van der Waals surface area (Å²) in [6.45, 7) is 0.648. The molecule has 0 saturated carbocycles. The van der Waals surface area contributed by atoms with Gasteiger partial charge >= 0.3 is 0 Å². The van der Waals surface area contributed by atoms with E-state index >= 15 is 0 Å². The first-order valence-electron chi connectivity index (χ1n) is 7.99. The molecule has 1 atom stereocenters. The fraction of sp³-hybridized carbons (Fsp3) is 0.263. The summed E-state index contributed by atoms with van der Waals surface area (Å²) in [5, 5.41) is 0.633. The van der Waals surface area contributed by atoms with E-state index in [2.05, 4.69) is 16.0 Å². The molecule has 3 aromatic rings. The van der Waals surface area contributed by atoms with Crippen molar-refractivity contribution < 1.29 is 9.47 Å². The number of rotatable bonds is 3. The molecule has 5 nitrogen and oxygen atoms in total. The minimum Gasteiger partial charge on any atom is -0.493 e. The molecule has 0 bridgehead atoms. The van der Waals surface area contributed by atoms with E-state index in [4.69, 9.17) is 9.47 Å². The minimum absolute atomic E-state index is 0.100. The third kappa shape index (κ3) is 2.62. The quantitative estimate of drug-likeness (QED) is 0.805. The van der Waals surface area contributed by atoms with Crippen LogP contribution in [0.2, 0.25) is 0 Å². The number of nitrogens with one attached hydrogen (secondary N) is 1. The van der Waals surface area contributed by atoms with E-state index in [1.165, 1.54) is 11.9 Å². The molecule has 0 aliphatic carbocycles. The van der Waals surface area contributed by atoms with Crippen LogP contribution in [0.1, 0.15) is 11.1 Å². The minimum atomic E-state index is -0.100. The zero-order chi connectivity index (χ0) is 16.5. The van der Waals surface area contributed by atoms with Gasteiger partial charge in [0.2, 0.25) is 0 Å². The second kappa shape index (κ2) is 6.00. The SMILES string of the molecule is COc1cccc2c1OCC(Cc1ccc3nc[nH]c(=O)c3c1)C2. The number of fused-ring (bicyclic) bond motifs is 2. The Morgan fingerprint density at radius 3 is 3.12 bits per heavy atom. The topological polar surface area (TPSA) is 64.2 Å². The molecule has 4 rings (SSSR count). The van der Waals surface area contributed by atoms with E-state index in [0.717, 1.165) is 35.4 Å². The maximum Gasteiger partial charge on any atom is 0.258 e. The van der Waals surface area contributed by atoms with Crippen LogP contribution in [0, 0.1) is 5.92 Å². The molecule has 24 heavy (non-hydrogen) atoms. The van der Waals surface area contributed by atoms with E-state index in [-0.39, 0.29) is 5.56 Å². The first-order valence-corrected chi connectivity index (χ1v) is 7.99. The Bertz CT molecular complexity index is 949. The largest absolute Gasteiger partial charge is 0.493 e. The van der Waals surface area contributed by atoms with E-state index in [0.29, 0.717) is 17.9 Å². The van der Waals surface area contributed by atoms with Gasteiger partial charge in [-0.05, 0) is 42.2 Å². The van der Waals surface area contributed by atoms with E-state index in [1.807, 2.05) is 30.3 Å². The van der Waals surface area contributed by atoms with Crippen LogP contribution in [0.15, 0.2) is 47.5 Å². The maximum atomic E-state index is 11.9. The Morgan fingerprint density at radius 2 is 2.25 bits per heavy atom. The van der Waals surface area contributed by atoms with Gasteiger partial charge in [0.25, 0.3) is 5.56 Å². The second-order valence-electron chi connectivity index (χ2n) is 6.12. The van der Waals surface area contributed by atoms with E-state index in [1.54, 1.807) is 7.11 Å². The molecule has 1 unspecified atom stereocenters. The predicted molar refractivity (Wildman–Crippen MR) is 91.8 cm³/mol. The molecular formula is C19H18N2O3. The highest BCUT2D eigenvalue weighted by molar-refractivity contribution is 5.77. The van der Waals surface area contributed by atoms with Crippen molar-refractivity contribution in [2.24, 2.45) is 5.92 Å². The zero-order valence-electron chi connectivity index (χ0n) is 13.4. The summed E-state index contributed by atoms with van der Waals surface area (Å²) in [4.78, 5) is 18.7. The lowest BCUT2D eigenvalue weighted by Crippen LogP contribution is -2.23. The molecular weight excluding hydrogens is 304 g/mol. The van der Waals surface area contributed by atoms with Gasteiger partial charge in [-0.2, -0.15) is 0 Å². The maximum absolute atomic E-state index is 11.9. The van der Waals surface area contributed by atoms with Crippen molar-refractivity contribution in [2.45, 2.75) is 12.8 Å². The van der Waals surface area contributed by atoms with Crippen molar-refractivity contribution in [2.75, 3.05) is 13.7 Å². The van der Waals surface area contributed by atoms with Gasteiger partial charge in [0, 0.05) is 5.92 Å². The van der Waals surface area contributed by atoms with E-state index in [9.17, 15) is 4.79 Å². The number of hydrogen-bond donors (Lipinski definition) is 1. The Hall–Kier alpha value is -2.82. The molecule has 0 fully saturated rings. The Labute approximate surface area is 139 Å². The predicted octanol–water partition coefficient (Wildman–Crippen LogP) is 2.73. The number of hydrogen-bond acceptors (Lipinski definition) is 4. The van der Waals surface area contributed by atoms with Crippen LogP contribution < -0.4 is 15.0 Å². The number of aromatic nitrogens is 2. The van der Waals surface area contributed by atoms with Crippen LogP contribution >= 0.6 is 0 Å². The van der Waals surface area contributed by atoms with Crippen LogP contribution in [-0.2, 0) is 12.8 Å². The van der Waals surface area contributed by atoms with Crippen molar-refractivity contribution in [1.29, 1.82) is 0 Å². The monoisotopic (exact) mass is 322 g/mol. The van der Waals surface area contributed by atoms with Crippen molar-refractivity contribution in [3.05, 3.63) is 64.2 Å². The molecule has 1 N–H and O–H groups in total. The highest BCUT2D eigenvalue weighted by atomic mass is 16.5. The standard InChI is InChI=1S/C19H18N2O3/c1-23-17-4-2-3-14-8-13(10-24-18(14)17)7-12-5-6-16-15(9-12)19(22)21-11-20-16/h2-6,9,11,13H,7-8,10H2,1H3,(H,20,21,22). The summed E-state index contributed by atoms with van der Waals surface area (Å²) < 4.78 is 11.3. The summed E-state index contributed by atoms with van der Waals surface area (Å²) in [6, 6.07) is 11.9. The zero-order valence-corrected chi connectivity index (χ0v) is 13.4. The molecule has 0 amide bonds. The number of nitrogens with zero attached hydrogens (tertiary/aromatic N) is 1. The molecule has 122 valence electrons. The van der Waals surface area contributed by atoms with Crippen molar-refractivity contribution in [3.8, 4) is 11.5 Å². The Kier molecular flexibility index (Phi) is 3.69. The lowest BCUT2D eigenvalue weighted by atomic mass is 9.90. The average molecular weight is 322 g/mol. The molecule has 0 spiro atoms. The van der Waals surface area contributed by atoms with Crippen molar-refractivity contribution in [3.63, 3.8) is 0 Å². The number of ether oxygens (including phenoxy) is 2. The van der Waals surface area contributed by atoms with Gasteiger partial charge in [-0.25, -0.2) is 4.98 Å². The summed E-state index contributed by atoms with van der Waals surface area (Å²) in [7, 11) is 1.66. The molecule has 1 aliphatic rings. The van der Waals surface area contributed by atoms with Crippen LogP contribution in [0.25, 0.3) is 10.9 Å². The number of methoxy groups -OCH3 is 1. The van der Waals surface area contributed by atoms with Gasteiger partial charge in [-0.3, -0.25) is 4.79 Å². The summed E-state index contributed by atoms with van der Waals surface area (Å²) in [5.41, 5.74) is 2.92. The fourth-order valence-corrected chi connectivity index (χ4v) is 3.32. The van der Waals surface area contributed by atoms with Crippen LogP contribution in [0.3, 0.4) is 0 Å². The van der Waals surface area contributed by atoms with Crippen molar-refractivity contribution in [1.82, 2.24) is 9.97 Å². The van der Waals surface area contributed by atoms with Gasteiger partial charge in [0.15, 0.2) is 11.5 Å². The highest BCUT2D eigenvalue weighted by Crippen LogP contribution is 2.36. The van der Waals surface area contributed by atoms with Crippen LogP contribution in [-0.4, -0.2) is 23.7 Å². The Morgan fingerprint density at radius 1 is 1.33 bits per heavy atom. The lowest BCUT2D eigenvalue weighted by Gasteiger charge is -2.26. The smallest absolute Gasteiger partial charge is 0.258 e. The van der Waals surface area contributed by atoms with Gasteiger partial charge in [-0.1, -0.05) is 18.2 Å². The van der Waals surface area contributed by atoms with Crippen molar-refractivity contribution >= 4 is 10.9 Å². The fourth-order valence-electron chi connectivity index (χ4n) is 3.32. The number of benzene rings is 2. The summed E-state index contributed by atoms with van der Waals surface area (Å²) in [5.74, 6) is 2.02. The van der Waals surface area contributed by atoms with Gasteiger partial charge in [0.1, 0.15) is 0 Å². The van der Waals surface area contributed by atoms with Gasteiger partial charge < -0.3 is 14.5 Å². The molecule has 1 aliphatic heterocycles. The second-order valence-corrected chi connectivity index (χ2v) is 6.12. The molecule has 2 aromatic carbocycles. The van der Waals surface area contributed by atoms with Crippen LogP contribution in [0.5, 0.6) is 11.5 Å². The Balaban J connectivity index is 1.58. The lowest BCUT2D eigenvalue weighted by molar-refractivity contribution is 0.211. The average Bonchev–Trinajstić information content (AvgIpc) is 2.62. The summed E-state index contributed by atoms with van der Waals surface area (Å²) >= 11 is 0. The van der Waals surface area contributed by atoms with Gasteiger partial charge in [-0.15, -0.1) is 0 Å². The van der Waals surface area contributed by atoms with E-state index < -0.39 is 0 Å². The molecule has 0 radical (unpaired) electrons. The number of para-hydroxylation sites is 1. The third-order valence-electron chi connectivity index (χ3n) is 4.48. The number of aromatic amines is 1. The van der Waals surface area contributed by atoms with Crippen LogP contribution in [0.4, 0.5) is 0 Å². The molecule has 1 aromatic heterocycles. The molecule has 5 heteroatoms. The first kappa shape index (κ1) is 14.8. The third-order valence-corrected chi connectivity index (χ3v) is 4.48. The molecule has 2 heterocycles. The first-order chi connectivity index (χ1) is 11.7. The number of H-pyrrole nitrogens is 1. The summed E-state index contributed by atoms with van der Waals surface area (Å²) in [6.07, 6.45) is 3.23. The van der Waals surface area contributed by atoms with Gasteiger partial charge in [0.05, 0.1) is 30.9 Å².